The molecule has 2 aromatic rings. The summed E-state index contributed by atoms with van der Waals surface area (Å²) in [6, 6.07) is 6.31. The fraction of sp³-hybridized carbons (Fsp3) is 0.421. The number of piperazine rings is 1. The number of amides is 2. The zero-order valence-corrected chi connectivity index (χ0v) is 15.5. The van der Waals surface area contributed by atoms with E-state index in [-0.39, 0.29) is 23.0 Å². The van der Waals surface area contributed by atoms with Crippen LogP contribution in [0.25, 0.3) is 11.0 Å². The molecule has 2 amide bonds. The van der Waals surface area contributed by atoms with Crippen molar-refractivity contribution < 1.29 is 14.0 Å². The average Bonchev–Trinajstić information content (AvgIpc) is 3.46. The van der Waals surface area contributed by atoms with Crippen LogP contribution in [0.3, 0.4) is 0 Å². The second-order valence-corrected chi connectivity index (χ2v) is 7.46. The summed E-state index contributed by atoms with van der Waals surface area (Å²) in [5, 5.41) is 3.76. The molecule has 2 fully saturated rings. The van der Waals surface area contributed by atoms with E-state index in [1.165, 1.54) is 12.1 Å². The lowest BCUT2D eigenvalue weighted by Crippen LogP contribution is -2.51. The maximum atomic E-state index is 12.7. The Balaban J connectivity index is 1.40. The van der Waals surface area contributed by atoms with Gasteiger partial charge in [0.05, 0.1) is 11.9 Å². The van der Waals surface area contributed by atoms with Crippen molar-refractivity contribution in [2.45, 2.75) is 18.9 Å². The van der Waals surface area contributed by atoms with Crippen LogP contribution in [0.5, 0.6) is 0 Å². The molecule has 1 aliphatic carbocycles. The quantitative estimate of drug-likeness (QED) is 0.856. The fourth-order valence-electron chi connectivity index (χ4n) is 3.20. The second-order valence-electron chi connectivity index (χ2n) is 7.03. The SMILES string of the molecule is O=C(CN1CCN(C(=O)c2cc(=O)c3cc(Cl)ccc3o2)CC1)NC1CC1. The first-order valence-electron chi connectivity index (χ1n) is 9.04. The van der Waals surface area contributed by atoms with Gasteiger partial charge in [0.25, 0.3) is 5.91 Å². The van der Waals surface area contributed by atoms with Gasteiger partial charge in [-0.15, -0.1) is 0 Å². The molecule has 1 saturated heterocycles. The molecule has 0 radical (unpaired) electrons. The summed E-state index contributed by atoms with van der Waals surface area (Å²) in [6.45, 7) is 2.54. The number of nitrogens with one attached hydrogen (secondary N) is 1. The van der Waals surface area contributed by atoms with E-state index in [0.29, 0.717) is 54.8 Å². The van der Waals surface area contributed by atoms with Crippen molar-refractivity contribution >= 4 is 34.4 Å². The maximum Gasteiger partial charge on any atom is 0.289 e. The van der Waals surface area contributed by atoms with Crippen molar-refractivity contribution in [2.75, 3.05) is 32.7 Å². The van der Waals surface area contributed by atoms with Gasteiger partial charge in [-0.2, -0.15) is 0 Å². The molecule has 4 rings (SSSR count). The lowest BCUT2D eigenvalue weighted by atomic mass is 10.2. The fourth-order valence-corrected chi connectivity index (χ4v) is 3.37. The minimum Gasteiger partial charge on any atom is -0.451 e. The molecule has 27 heavy (non-hydrogen) atoms. The van der Waals surface area contributed by atoms with Gasteiger partial charge in [-0.1, -0.05) is 11.6 Å². The van der Waals surface area contributed by atoms with E-state index in [1.54, 1.807) is 17.0 Å². The molecule has 0 bridgehead atoms. The Morgan fingerprint density at radius 2 is 1.89 bits per heavy atom. The van der Waals surface area contributed by atoms with E-state index in [0.717, 1.165) is 12.8 Å². The molecule has 1 N–H and O–H groups in total. The van der Waals surface area contributed by atoms with Crippen molar-refractivity contribution in [3.63, 3.8) is 0 Å². The number of hydrogen-bond donors (Lipinski definition) is 1. The van der Waals surface area contributed by atoms with Gasteiger partial charge in [0.1, 0.15) is 5.58 Å². The lowest BCUT2D eigenvalue weighted by molar-refractivity contribution is -0.122. The Morgan fingerprint density at radius 3 is 2.59 bits per heavy atom. The van der Waals surface area contributed by atoms with Crippen LogP contribution in [0, 0.1) is 0 Å². The Labute approximate surface area is 160 Å². The largest absolute Gasteiger partial charge is 0.451 e. The van der Waals surface area contributed by atoms with E-state index >= 15 is 0 Å². The van der Waals surface area contributed by atoms with Crippen molar-refractivity contribution in [1.82, 2.24) is 15.1 Å². The van der Waals surface area contributed by atoms with Gasteiger partial charge in [0.2, 0.25) is 5.91 Å². The Hall–Kier alpha value is -2.38. The summed E-state index contributed by atoms with van der Waals surface area (Å²) < 4.78 is 5.63. The molecule has 0 atom stereocenters. The molecule has 1 saturated carbocycles. The number of hydrogen-bond acceptors (Lipinski definition) is 5. The van der Waals surface area contributed by atoms with Gasteiger partial charge in [-0.25, -0.2) is 0 Å². The van der Waals surface area contributed by atoms with Crippen molar-refractivity contribution in [1.29, 1.82) is 0 Å². The summed E-state index contributed by atoms with van der Waals surface area (Å²) >= 11 is 5.91. The van der Waals surface area contributed by atoms with Gasteiger partial charge in [-0.3, -0.25) is 19.3 Å². The predicted molar refractivity (Wildman–Crippen MR) is 101 cm³/mol. The van der Waals surface area contributed by atoms with Crippen LogP contribution < -0.4 is 10.7 Å². The van der Waals surface area contributed by atoms with Gasteiger partial charge in [0.15, 0.2) is 11.2 Å². The van der Waals surface area contributed by atoms with E-state index in [4.69, 9.17) is 16.0 Å². The van der Waals surface area contributed by atoms with Crippen LogP contribution in [0.4, 0.5) is 0 Å². The summed E-state index contributed by atoms with van der Waals surface area (Å²) in [5.41, 5.74) is 0.0446. The highest BCUT2D eigenvalue weighted by atomic mass is 35.5. The standard InChI is InChI=1S/C19H20ClN3O4/c20-12-1-4-16-14(9-12)15(24)10-17(27-16)19(26)23-7-5-22(6-8-23)11-18(25)21-13-2-3-13/h1,4,9-10,13H,2-3,5-8,11H2,(H,21,25). The van der Waals surface area contributed by atoms with Crippen LogP contribution in [-0.4, -0.2) is 60.4 Å². The normalized spacial score (nSPS) is 17.9. The third-order valence-corrected chi connectivity index (χ3v) is 5.10. The summed E-state index contributed by atoms with van der Waals surface area (Å²) in [4.78, 5) is 40.5. The minimum atomic E-state index is -0.314. The van der Waals surface area contributed by atoms with Crippen molar-refractivity contribution in [2.24, 2.45) is 0 Å². The highest BCUT2D eigenvalue weighted by Crippen LogP contribution is 2.19. The number of carbonyl (C=O) groups excluding carboxylic acids is 2. The zero-order valence-electron chi connectivity index (χ0n) is 14.7. The predicted octanol–water partition coefficient (Wildman–Crippen LogP) is 1.48. The van der Waals surface area contributed by atoms with Crippen LogP contribution in [0.2, 0.25) is 5.02 Å². The minimum absolute atomic E-state index is 0.0229. The van der Waals surface area contributed by atoms with E-state index in [9.17, 15) is 14.4 Å². The molecule has 0 spiro atoms. The van der Waals surface area contributed by atoms with Crippen molar-refractivity contribution in [3.05, 3.63) is 45.3 Å². The molecular weight excluding hydrogens is 370 g/mol. The summed E-state index contributed by atoms with van der Waals surface area (Å²) in [6.07, 6.45) is 2.13. The van der Waals surface area contributed by atoms with Crippen LogP contribution >= 0.6 is 11.6 Å². The molecule has 7 nitrogen and oxygen atoms in total. The molecule has 1 aromatic carbocycles. The number of nitrogens with zero attached hydrogens (tertiary/aromatic N) is 2. The summed E-state index contributed by atoms with van der Waals surface area (Å²) in [7, 11) is 0. The first-order valence-corrected chi connectivity index (χ1v) is 9.42. The topological polar surface area (TPSA) is 82.9 Å². The maximum absolute atomic E-state index is 12.7. The van der Waals surface area contributed by atoms with Gasteiger partial charge in [-0.05, 0) is 31.0 Å². The van der Waals surface area contributed by atoms with E-state index in [2.05, 4.69) is 5.32 Å². The average molecular weight is 390 g/mol. The number of halogens is 1. The Morgan fingerprint density at radius 1 is 1.15 bits per heavy atom. The number of benzene rings is 1. The Kier molecular flexibility index (Phi) is 4.88. The molecule has 2 heterocycles. The third kappa shape index (κ3) is 4.14. The monoisotopic (exact) mass is 389 g/mol. The van der Waals surface area contributed by atoms with Crippen LogP contribution in [-0.2, 0) is 4.79 Å². The number of carbonyl (C=O) groups is 2. The molecule has 142 valence electrons. The molecule has 2 aliphatic rings. The van der Waals surface area contributed by atoms with Crippen LogP contribution in [0.1, 0.15) is 23.4 Å². The highest BCUT2D eigenvalue weighted by Gasteiger charge is 2.27. The lowest BCUT2D eigenvalue weighted by Gasteiger charge is -2.34. The smallest absolute Gasteiger partial charge is 0.289 e. The first kappa shape index (κ1) is 18.0. The third-order valence-electron chi connectivity index (χ3n) is 4.87. The Bertz CT molecular complexity index is 946. The molecule has 8 heteroatoms. The number of rotatable bonds is 4. The first-order chi connectivity index (χ1) is 13.0. The van der Waals surface area contributed by atoms with Gasteiger partial charge >= 0.3 is 0 Å². The number of fused-ring (bicyclic) bond motifs is 1. The van der Waals surface area contributed by atoms with Crippen molar-refractivity contribution in [3.8, 4) is 0 Å². The highest BCUT2D eigenvalue weighted by molar-refractivity contribution is 6.31. The molecule has 0 unspecified atom stereocenters. The molecule has 1 aromatic heterocycles. The summed E-state index contributed by atoms with van der Waals surface area (Å²) in [5.74, 6) is -0.253. The van der Waals surface area contributed by atoms with E-state index < -0.39 is 0 Å². The molecular formula is C19H20ClN3O4. The zero-order chi connectivity index (χ0) is 19.0. The van der Waals surface area contributed by atoms with Gasteiger partial charge < -0.3 is 14.6 Å². The van der Waals surface area contributed by atoms with Crippen LogP contribution in [0.15, 0.2) is 33.5 Å². The van der Waals surface area contributed by atoms with Gasteiger partial charge in [0, 0.05) is 43.3 Å². The second kappa shape index (κ2) is 7.32. The molecule has 1 aliphatic heterocycles. The van der Waals surface area contributed by atoms with E-state index in [1.807, 2.05) is 4.90 Å².